The van der Waals surface area contributed by atoms with Gasteiger partial charge in [-0.05, 0) is 18.2 Å². The van der Waals surface area contributed by atoms with Gasteiger partial charge in [-0.2, -0.15) is 0 Å². The zero-order valence-electron chi connectivity index (χ0n) is 11.0. The van der Waals surface area contributed by atoms with Gasteiger partial charge < -0.3 is 9.47 Å². The minimum Gasteiger partial charge on any atom is -0.497 e. The summed E-state index contributed by atoms with van der Waals surface area (Å²) in [6.07, 6.45) is 0. The number of benzene rings is 2. The van der Waals surface area contributed by atoms with E-state index in [2.05, 4.69) is 0 Å². The van der Waals surface area contributed by atoms with Crippen molar-refractivity contribution in [2.24, 2.45) is 0 Å². The molecule has 0 unspecified atom stereocenters. The fourth-order valence-corrected chi connectivity index (χ4v) is 2.09. The molecule has 2 aromatic rings. The van der Waals surface area contributed by atoms with Crippen LogP contribution in [-0.4, -0.2) is 12.0 Å². The van der Waals surface area contributed by atoms with Crippen LogP contribution in [0.5, 0.6) is 17.2 Å². The number of nitro groups is 1. The zero-order valence-corrected chi connectivity index (χ0v) is 12.5. The van der Waals surface area contributed by atoms with Crippen molar-refractivity contribution in [3.8, 4) is 17.2 Å². The van der Waals surface area contributed by atoms with Crippen molar-refractivity contribution in [1.29, 1.82) is 0 Å². The molecule has 0 atom stereocenters. The predicted molar refractivity (Wildman–Crippen MR) is 80.7 cm³/mol. The first-order valence-corrected chi connectivity index (χ1v) is 6.81. The number of rotatable bonds is 5. The molecule has 5 nitrogen and oxygen atoms in total. The maximum atomic E-state index is 11.1. The van der Waals surface area contributed by atoms with Crippen LogP contribution in [0.15, 0.2) is 36.4 Å². The summed E-state index contributed by atoms with van der Waals surface area (Å²) >= 11 is 11.7. The van der Waals surface area contributed by atoms with Crippen molar-refractivity contribution in [2.45, 2.75) is 5.88 Å². The Morgan fingerprint density at radius 1 is 1.19 bits per heavy atom. The molecule has 0 bridgehead atoms. The van der Waals surface area contributed by atoms with Crippen molar-refractivity contribution in [2.75, 3.05) is 7.11 Å². The molecule has 2 aromatic carbocycles. The fraction of sp³-hybridized carbons (Fsp3) is 0.143. The van der Waals surface area contributed by atoms with Crippen LogP contribution >= 0.6 is 23.2 Å². The van der Waals surface area contributed by atoms with Crippen molar-refractivity contribution in [1.82, 2.24) is 0 Å². The van der Waals surface area contributed by atoms with Gasteiger partial charge in [0, 0.05) is 22.7 Å². The van der Waals surface area contributed by atoms with Gasteiger partial charge in [0.1, 0.15) is 11.5 Å². The monoisotopic (exact) mass is 327 g/mol. The molecule has 0 fully saturated rings. The van der Waals surface area contributed by atoms with Gasteiger partial charge in [-0.1, -0.05) is 17.7 Å². The average Bonchev–Trinajstić information content (AvgIpc) is 2.47. The van der Waals surface area contributed by atoms with E-state index in [-0.39, 0.29) is 17.3 Å². The second kappa shape index (κ2) is 6.65. The Hall–Kier alpha value is -1.98. The van der Waals surface area contributed by atoms with Crippen molar-refractivity contribution in [3.05, 3.63) is 57.1 Å². The molecule has 2 rings (SSSR count). The molecule has 110 valence electrons. The summed E-state index contributed by atoms with van der Waals surface area (Å²) in [4.78, 5) is 10.5. The van der Waals surface area contributed by atoms with Crippen LogP contribution in [0.3, 0.4) is 0 Å². The Kier molecular flexibility index (Phi) is 4.88. The van der Waals surface area contributed by atoms with Gasteiger partial charge in [0.15, 0.2) is 0 Å². The van der Waals surface area contributed by atoms with Crippen molar-refractivity contribution < 1.29 is 14.4 Å². The molecular weight excluding hydrogens is 317 g/mol. The van der Waals surface area contributed by atoms with Gasteiger partial charge in [0.05, 0.1) is 17.9 Å². The molecule has 0 saturated heterocycles. The van der Waals surface area contributed by atoms with Gasteiger partial charge in [0.25, 0.3) is 0 Å². The molecule has 0 heterocycles. The highest BCUT2D eigenvalue weighted by Crippen LogP contribution is 2.37. The Bertz CT molecular complexity index is 676. The standard InChI is InChI=1S/C14H11Cl2NO4/c1-20-11-4-5-12(17(18)19)14(7-11)21-13-6-10(16)3-2-9(13)8-15/h2-7H,8H2,1H3. The van der Waals surface area contributed by atoms with E-state index in [1.807, 2.05) is 0 Å². The number of alkyl halides is 1. The van der Waals surface area contributed by atoms with E-state index < -0.39 is 4.92 Å². The van der Waals surface area contributed by atoms with E-state index >= 15 is 0 Å². The predicted octanol–water partition coefficient (Wildman–Crippen LogP) is 4.79. The van der Waals surface area contributed by atoms with Crippen LogP contribution in [-0.2, 0) is 5.88 Å². The highest BCUT2D eigenvalue weighted by Gasteiger charge is 2.18. The largest absolute Gasteiger partial charge is 0.497 e. The first kappa shape index (κ1) is 15.4. The van der Waals surface area contributed by atoms with Crippen LogP contribution in [0.2, 0.25) is 5.02 Å². The van der Waals surface area contributed by atoms with E-state index in [1.54, 1.807) is 18.2 Å². The number of hydrogen-bond acceptors (Lipinski definition) is 4. The number of hydrogen-bond donors (Lipinski definition) is 0. The first-order chi connectivity index (χ1) is 10.0. The van der Waals surface area contributed by atoms with Crippen molar-refractivity contribution >= 4 is 28.9 Å². The lowest BCUT2D eigenvalue weighted by Gasteiger charge is -2.11. The van der Waals surface area contributed by atoms with Crippen LogP contribution in [0, 0.1) is 10.1 Å². The molecule has 0 aliphatic carbocycles. The molecule has 0 aliphatic rings. The molecule has 0 aliphatic heterocycles. The van der Waals surface area contributed by atoms with E-state index in [0.29, 0.717) is 22.1 Å². The topological polar surface area (TPSA) is 61.6 Å². The summed E-state index contributed by atoms with van der Waals surface area (Å²) in [6.45, 7) is 0. The van der Waals surface area contributed by atoms with Gasteiger partial charge >= 0.3 is 5.69 Å². The van der Waals surface area contributed by atoms with Crippen LogP contribution in [0.1, 0.15) is 5.56 Å². The summed E-state index contributed by atoms with van der Waals surface area (Å²) in [5.74, 6) is 1.08. The number of nitrogens with zero attached hydrogens (tertiary/aromatic N) is 1. The lowest BCUT2D eigenvalue weighted by atomic mass is 10.2. The van der Waals surface area contributed by atoms with Crippen molar-refractivity contribution in [3.63, 3.8) is 0 Å². The highest BCUT2D eigenvalue weighted by atomic mass is 35.5. The molecule has 0 N–H and O–H groups in total. The second-order valence-electron chi connectivity index (χ2n) is 4.08. The molecule has 0 radical (unpaired) electrons. The molecule has 0 aromatic heterocycles. The lowest BCUT2D eigenvalue weighted by Crippen LogP contribution is -1.96. The average molecular weight is 328 g/mol. The van der Waals surface area contributed by atoms with E-state index in [4.69, 9.17) is 32.7 Å². The zero-order chi connectivity index (χ0) is 15.4. The molecule has 0 amide bonds. The van der Waals surface area contributed by atoms with Gasteiger partial charge in [-0.15, -0.1) is 11.6 Å². The first-order valence-electron chi connectivity index (χ1n) is 5.90. The molecule has 21 heavy (non-hydrogen) atoms. The second-order valence-corrected chi connectivity index (χ2v) is 4.78. The molecule has 0 spiro atoms. The minimum atomic E-state index is -0.528. The van der Waals surface area contributed by atoms with Crippen LogP contribution in [0.4, 0.5) is 5.69 Å². The van der Waals surface area contributed by atoms with E-state index in [0.717, 1.165) is 0 Å². The van der Waals surface area contributed by atoms with E-state index in [1.165, 1.54) is 25.3 Å². The Balaban J connectivity index is 2.47. The van der Waals surface area contributed by atoms with Gasteiger partial charge in [-0.3, -0.25) is 10.1 Å². The quantitative estimate of drug-likeness (QED) is 0.450. The molecular formula is C14H11Cl2NO4. The SMILES string of the molecule is COc1ccc([N+](=O)[O-])c(Oc2cc(Cl)ccc2CCl)c1. The summed E-state index contributed by atoms with van der Waals surface area (Å²) in [6, 6.07) is 9.19. The number of halogens is 2. The third-order valence-electron chi connectivity index (χ3n) is 2.76. The normalized spacial score (nSPS) is 10.2. The third-order valence-corrected chi connectivity index (χ3v) is 3.28. The summed E-state index contributed by atoms with van der Waals surface area (Å²) in [5.41, 5.74) is 0.509. The van der Waals surface area contributed by atoms with E-state index in [9.17, 15) is 10.1 Å². The minimum absolute atomic E-state index is 0.0629. The maximum absolute atomic E-state index is 11.1. The van der Waals surface area contributed by atoms with Gasteiger partial charge in [0.2, 0.25) is 5.75 Å². The fourth-order valence-electron chi connectivity index (χ4n) is 1.71. The van der Waals surface area contributed by atoms with Crippen LogP contribution in [0.25, 0.3) is 0 Å². The Morgan fingerprint density at radius 3 is 2.57 bits per heavy atom. The smallest absolute Gasteiger partial charge is 0.311 e. The maximum Gasteiger partial charge on any atom is 0.311 e. The summed E-state index contributed by atoms with van der Waals surface area (Å²) in [5, 5.41) is 11.5. The Labute approximate surface area is 131 Å². The van der Waals surface area contributed by atoms with Gasteiger partial charge in [-0.25, -0.2) is 0 Å². The number of nitro benzene ring substituents is 1. The highest BCUT2D eigenvalue weighted by molar-refractivity contribution is 6.30. The number of methoxy groups -OCH3 is 1. The summed E-state index contributed by atoms with van der Waals surface area (Å²) < 4.78 is 10.7. The summed E-state index contributed by atoms with van der Waals surface area (Å²) in [7, 11) is 1.47. The number of ether oxygens (including phenoxy) is 2. The molecule has 7 heteroatoms. The third kappa shape index (κ3) is 3.56. The van der Waals surface area contributed by atoms with Crippen LogP contribution < -0.4 is 9.47 Å². The Morgan fingerprint density at radius 2 is 1.95 bits per heavy atom. The molecule has 0 saturated carbocycles. The lowest BCUT2D eigenvalue weighted by molar-refractivity contribution is -0.385.